The average molecular weight is 466 g/mol. The molecule has 0 unspecified atom stereocenters. The summed E-state index contributed by atoms with van der Waals surface area (Å²) in [6, 6.07) is 10.2. The van der Waals surface area contributed by atoms with E-state index < -0.39 is 0 Å². The van der Waals surface area contributed by atoms with Crippen molar-refractivity contribution in [2.24, 2.45) is 0 Å². The Bertz CT molecular complexity index is 1240. The van der Waals surface area contributed by atoms with Gasteiger partial charge in [0.05, 0.1) is 24.6 Å². The maximum absolute atomic E-state index is 14.2. The molecule has 34 heavy (non-hydrogen) atoms. The molecule has 0 radical (unpaired) electrons. The molecule has 1 aliphatic rings. The molecule has 7 heteroatoms. The van der Waals surface area contributed by atoms with E-state index >= 15 is 0 Å². The summed E-state index contributed by atoms with van der Waals surface area (Å²) in [5.41, 5.74) is 3.36. The van der Waals surface area contributed by atoms with Crippen molar-refractivity contribution in [3.05, 3.63) is 59.2 Å². The monoisotopic (exact) mass is 465 g/mol. The first kappa shape index (κ1) is 23.8. The third kappa shape index (κ3) is 4.27. The summed E-state index contributed by atoms with van der Waals surface area (Å²) in [6.07, 6.45) is 1.31. The molecule has 180 valence electrons. The number of methoxy groups -OCH3 is 1. The van der Waals surface area contributed by atoms with Crippen LogP contribution in [0.15, 0.2) is 36.4 Å². The van der Waals surface area contributed by atoms with Gasteiger partial charge in [0, 0.05) is 24.2 Å². The SMILES string of the molecule is COc1cc2c(cc1OC(C)C)-n1c(-c3cccc(F)c3)nc(C(=O)N(C)C(C)(C)C)c1CC2. The summed E-state index contributed by atoms with van der Waals surface area (Å²) in [5, 5.41) is 0. The molecule has 1 amide bonds. The minimum Gasteiger partial charge on any atom is -0.493 e. The average Bonchev–Trinajstić information content (AvgIpc) is 3.16. The van der Waals surface area contributed by atoms with Crippen molar-refractivity contribution >= 4 is 5.91 Å². The number of hydrogen-bond acceptors (Lipinski definition) is 4. The van der Waals surface area contributed by atoms with Crippen LogP contribution >= 0.6 is 0 Å². The third-order valence-corrected chi connectivity index (χ3v) is 6.17. The van der Waals surface area contributed by atoms with E-state index in [1.165, 1.54) is 12.1 Å². The largest absolute Gasteiger partial charge is 0.493 e. The Morgan fingerprint density at radius 2 is 1.88 bits per heavy atom. The van der Waals surface area contributed by atoms with Crippen molar-refractivity contribution in [3.8, 4) is 28.6 Å². The molecule has 3 aromatic rings. The number of carbonyl (C=O) groups is 1. The van der Waals surface area contributed by atoms with E-state index in [1.54, 1.807) is 25.1 Å². The van der Waals surface area contributed by atoms with E-state index in [0.29, 0.717) is 35.0 Å². The first-order valence-electron chi connectivity index (χ1n) is 11.5. The van der Waals surface area contributed by atoms with Gasteiger partial charge in [0.25, 0.3) is 5.91 Å². The van der Waals surface area contributed by atoms with Crippen molar-refractivity contribution in [2.45, 2.75) is 59.1 Å². The number of carbonyl (C=O) groups excluding carboxylic acids is 1. The molecular formula is C27H32FN3O3. The van der Waals surface area contributed by atoms with Gasteiger partial charge in [-0.05, 0) is 71.2 Å². The molecule has 4 rings (SSSR count). The molecule has 0 aliphatic carbocycles. The van der Waals surface area contributed by atoms with Gasteiger partial charge in [-0.25, -0.2) is 9.37 Å². The fourth-order valence-corrected chi connectivity index (χ4v) is 4.16. The fraction of sp³-hybridized carbons (Fsp3) is 0.407. The Balaban J connectivity index is 1.98. The molecule has 2 heterocycles. The Morgan fingerprint density at radius 3 is 2.50 bits per heavy atom. The smallest absolute Gasteiger partial charge is 0.274 e. The van der Waals surface area contributed by atoms with Gasteiger partial charge >= 0.3 is 0 Å². The molecule has 6 nitrogen and oxygen atoms in total. The highest BCUT2D eigenvalue weighted by Crippen LogP contribution is 2.40. The summed E-state index contributed by atoms with van der Waals surface area (Å²) in [7, 11) is 3.41. The molecule has 0 spiro atoms. The van der Waals surface area contributed by atoms with Gasteiger partial charge in [-0.1, -0.05) is 12.1 Å². The van der Waals surface area contributed by atoms with E-state index in [4.69, 9.17) is 14.5 Å². The van der Waals surface area contributed by atoms with Crippen LogP contribution in [0.5, 0.6) is 11.5 Å². The van der Waals surface area contributed by atoms with E-state index in [2.05, 4.69) is 0 Å². The van der Waals surface area contributed by atoms with Crippen molar-refractivity contribution in [2.75, 3.05) is 14.2 Å². The Kier molecular flexibility index (Phi) is 6.14. The Hall–Kier alpha value is -3.35. The maximum Gasteiger partial charge on any atom is 0.274 e. The molecule has 2 aromatic carbocycles. The van der Waals surface area contributed by atoms with Crippen LogP contribution < -0.4 is 9.47 Å². The maximum atomic E-state index is 14.2. The zero-order valence-corrected chi connectivity index (χ0v) is 20.9. The van der Waals surface area contributed by atoms with Crippen LogP contribution in [0.1, 0.15) is 56.4 Å². The predicted molar refractivity (Wildman–Crippen MR) is 131 cm³/mol. The van der Waals surface area contributed by atoms with Crippen LogP contribution in [0.3, 0.4) is 0 Å². The summed E-state index contributed by atoms with van der Waals surface area (Å²) in [5.74, 6) is 1.29. The number of halogens is 1. The lowest BCUT2D eigenvalue weighted by atomic mass is 9.98. The number of benzene rings is 2. The highest BCUT2D eigenvalue weighted by Gasteiger charge is 2.33. The first-order valence-corrected chi connectivity index (χ1v) is 11.5. The molecule has 0 saturated carbocycles. The van der Waals surface area contributed by atoms with E-state index in [-0.39, 0.29) is 23.4 Å². The third-order valence-electron chi connectivity index (χ3n) is 6.17. The zero-order chi connectivity index (χ0) is 24.8. The van der Waals surface area contributed by atoms with Gasteiger partial charge in [-0.3, -0.25) is 9.36 Å². The van der Waals surface area contributed by atoms with Gasteiger partial charge in [-0.2, -0.15) is 0 Å². The number of imidazole rings is 1. The van der Waals surface area contributed by atoms with Gasteiger partial charge in [0.2, 0.25) is 0 Å². The van der Waals surface area contributed by atoms with Crippen LogP contribution in [0.2, 0.25) is 0 Å². The number of rotatable bonds is 5. The molecule has 1 aromatic heterocycles. The predicted octanol–water partition coefficient (Wildman–Crippen LogP) is 5.44. The molecule has 0 bridgehead atoms. The lowest BCUT2D eigenvalue weighted by Gasteiger charge is -2.32. The summed E-state index contributed by atoms with van der Waals surface area (Å²) >= 11 is 0. The van der Waals surface area contributed by atoms with Crippen LogP contribution in [0.25, 0.3) is 17.1 Å². The lowest BCUT2D eigenvalue weighted by molar-refractivity contribution is 0.0649. The van der Waals surface area contributed by atoms with Gasteiger partial charge in [0.15, 0.2) is 17.2 Å². The Morgan fingerprint density at radius 1 is 1.15 bits per heavy atom. The number of hydrogen-bond donors (Lipinski definition) is 0. The Labute approximate surface area is 200 Å². The molecule has 0 N–H and O–H groups in total. The minimum atomic E-state index is -0.370. The summed E-state index contributed by atoms with van der Waals surface area (Å²) in [6.45, 7) is 9.87. The lowest BCUT2D eigenvalue weighted by Crippen LogP contribution is -2.43. The quantitative estimate of drug-likeness (QED) is 0.503. The number of aryl methyl sites for hydroxylation is 1. The van der Waals surface area contributed by atoms with Gasteiger partial charge < -0.3 is 14.4 Å². The second-order valence-electron chi connectivity index (χ2n) is 9.91. The standard InChI is InChI=1S/C27H32FN3O3/c1-16(2)34-23-15-21-17(14-22(23)33-7)11-12-20-24(26(32)30(6)27(3,4)5)29-25(31(20)21)18-9-8-10-19(28)13-18/h8-10,13-16H,11-12H2,1-7H3. The van der Waals surface area contributed by atoms with Crippen molar-refractivity contribution in [1.82, 2.24) is 14.5 Å². The molecule has 0 saturated heterocycles. The van der Waals surface area contributed by atoms with Crippen LogP contribution in [-0.2, 0) is 12.8 Å². The number of fused-ring (bicyclic) bond motifs is 3. The van der Waals surface area contributed by atoms with Crippen molar-refractivity contribution in [3.63, 3.8) is 0 Å². The van der Waals surface area contributed by atoms with Crippen LogP contribution in [-0.4, -0.2) is 46.2 Å². The van der Waals surface area contributed by atoms with Crippen LogP contribution in [0.4, 0.5) is 4.39 Å². The summed E-state index contributed by atoms with van der Waals surface area (Å²) < 4.78 is 27.8. The highest BCUT2D eigenvalue weighted by atomic mass is 19.1. The normalized spacial score (nSPS) is 12.9. The number of ether oxygens (including phenoxy) is 2. The highest BCUT2D eigenvalue weighted by molar-refractivity contribution is 5.95. The number of nitrogens with zero attached hydrogens (tertiary/aromatic N) is 3. The molecular weight excluding hydrogens is 433 g/mol. The molecule has 0 fully saturated rings. The second kappa shape index (κ2) is 8.78. The zero-order valence-electron chi connectivity index (χ0n) is 20.9. The number of aromatic nitrogens is 2. The van der Waals surface area contributed by atoms with Crippen molar-refractivity contribution < 1.29 is 18.7 Å². The topological polar surface area (TPSA) is 56.6 Å². The molecule has 0 atom stereocenters. The molecule has 1 aliphatic heterocycles. The van der Waals surface area contributed by atoms with Crippen LogP contribution in [0, 0.1) is 5.82 Å². The first-order chi connectivity index (χ1) is 16.0. The van der Waals surface area contributed by atoms with E-state index in [1.807, 2.05) is 57.4 Å². The van der Waals surface area contributed by atoms with E-state index in [9.17, 15) is 9.18 Å². The van der Waals surface area contributed by atoms with Crippen molar-refractivity contribution in [1.29, 1.82) is 0 Å². The van der Waals surface area contributed by atoms with E-state index in [0.717, 1.165) is 23.4 Å². The minimum absolute atomic E-state index is 0.0435. The second-order valence-corrected chi connectivity index (χ2v) is 9.91. The summed E-state index contributed by atoms with van der Waals surface area (Å²) in [4.78, 5) is 20.0. The van der Waals surface area contributed by atoms with Gasteiger partial charge in [0.1, 0.15) is 11.6 Å². The van der Waals surface area contributed by atoms with Gasteiger partial charge in [-0.15, -0.1) is 0 Å². The fourth-order valence-electron chi connectivity index (χ4n) is 4.16. The number of amides is 1.